The van der Waals surface area contributed by atoms with Crippen molar-refractivity contribution in [2.75, 3.05) is 27.3 Å². The molecule has 0 radical (unpaired) electrons. The molecular weight excluding hydrogens is 600 g/mol. The Morgan fingerprint density at radius 3 is 1.68 bits per heavy atom. The molecule has 0 aliphatic carbocycles. The molecule has 10 heteroatoms. The van der Waals surface area contributed by atoms with Crippen LogP contribution in [0.1, 0.15) is 69.4 Å². The van der Waals surface area contributed by atoms with E-state index in [0.717, 1.165) is 39.3 Å². The Hall–Kier alpha value is -4.60. The first-order valence-electron chi connectivity index (χ1n) is 15.9. The maximum Gasteiger partial charge on any atom is 0.410 e. The van der Waals surface area contributed by atoms with Crippen LogP contribution in [0, 0.1) is 0 Å². The molecule has 1 N–H and O–H groups in total. The average molecular weight is 649 g/mol. The molecule has 3 aromatic rings. The molecule has 2 amide bonds. The van der Waals surface area contributed by atoms with Crippen LogP contribution in [0.4, 0.5) is 9.59 Å². The minimum Gasteiger partial charge on any atom is -0.504 e. The summed E-state index contributed by atoms with van der Waals surface area (Å²) in [6, 6.07) is 17.4. The highest BCUT2D eigenvalue weighted by atomic mass is 16.6. The highest BCUT2D eigenvalue weighted by Gasteiger charge is 2.29. The summed E-state index contributed by atoms with van der Waals surface area (Å²) in [4.78, 5) is 27.8. The Morgan fingerprint density at radius 2 is 1.19 bits per heavy atom. The Morgan fingerprint density at radius 1 is 0.702 bits per heavy atom. The van der Waals surface area contributed by atoms with Gasteiger partial charge in [-0.15, -0.1) is 0 Å². The van der Waals surface area contributed by atoms with Crippen LogP contribution in [0.5, 0.6) is 23.0 Å². The van der Waals surface area contributed by atoms with E-state index in [0.29, 0.717) is 51.4 Å². The SMILES string of the molecule is COc1c(O)ccc2c1CCN(C(=O)OC(C)(C)C)C2.COc1c(OCc2ccccc2)ccc2c1CCN(C(=O)OC(C)(C)C)C2. The zero-order valence-electron chi connectivity index (χ0n) is 28.8. The van der Waals surface area contributed by atoms with E-state index in [1.165, 1.54) is 7.11 Å². The van der Waals surface area contributed by atoms with Gasteiger partial charge in [0, 0.05) is 37.3 Å². The summed E-state index contributed by atoms with van der Waals surface area (Å²) in [7, 11) is 3.20. The number of methoxy groups -OCH3 is 2. The minimum atomic E-state index is -0.496. The largest absolute Gasteiger partial charge is 0.504 e. The van der Waals surface area contributed by atoms with Gasteiger partial charge in [0.1, 0.15) is 17.8 Å². The summed E-state index contributed by atoms with van der Waals surface area (Å²) in [5, 5.41) is 9.76. The van der Waals surface area contributed by atoms with E-state index in [1.54, 1.807) is 23.0 Å². The van der Waals surface area contributed by atoms with E-state index in [4.69, 9.17) is 23.7 Å². The third-order valence-corrected chi connectivity index (χ3v) is 7.59. The fourth-order valence-electron chi connectivity index (χ4n) is 5.48. The molecule has 2 aliphatic heterocycles. The van der Waals surface area contributed by atoms with E-state index in [9.17, 15) is 14.7 Å². The standard InChI is InChI=1S/C22H27NO4.C15H21NO4/c1-22(2,3)27-21(24)23-13-12-18-17(14-23)10-11-19(20(18)25-4)26-15-16-8-6-5-7-9-16;1-15(2,3)20-14(18)16-8-7-11-10(9-16)5-6-12(17)13(11)19-4/h5-11H,12-15H2,1-4H3;5-6,17H,7-9H2,1-4H3. The third kappa shape index (κ3) is 9.47. The number of hydrogen-bond donors (Lipinski definition) is 1. The number of ether oxygens (including phenoxy) is 5. The first kappa shape index (κ1) is 35.3. The second kappa shape index (κ2) is 14.9. The number of hydrogen-bond acceptors (Lipinski definition) is 8. The molecule has 0 unspecified atom stereocenters. The van der Waals surface area contributed by atoms with E-state index >= 15 is 0 Å². The number of benzene rings is 3. The lowest BCUT2D eigenvalue weighted by molar-refractivity contribution is 0.0213. The van der Waals surface area contributed by atoms with Gasteiger partial charge in [0.05, 0.1) is 14.2 Å². The zero-order valence-corrected chi connectivity index (χ0v) is 28.8. The van der Waals surface area contributed by atoms with Crippen LogP contribution < -0.4 is 14.2 Å². The number of carbonyl (C=O) groups is 2. The second-order valence-corrected chi connectivity index (χ2v) is 13.6. The molecule has 2 heterocycles. The normalized spacial score (nSPS) is 14.1. The van der Waals surface area contributed by atoms with Gasteiger partial charge in [-0.2, -0.15) is 0 Å². The number of amides is 2. The predicted octanol–water partition coefficient (Wildman–Crippen LogP) is 7.26. The van der Waals surface area contributed by atoms with Crippen molar-refractivity contribution in [3.8, 4) is 23.0 Å². The van der Waals surface area contributed by atoms with Gasteiger partial charge in [0.25, 0.3) is 0 Å². The summed E-state index contributed by atoms with van der Waals surface area (Å²) in [5.74, 6) is 2.13. The number of carbonyl (C=O) groups excluding carboxylic acids is 2. The Bertz CT molecular complexity index is 1540. The van der Waals surface area contributed by atoms with Gasteiger partial charge in [-0.3, -0.25) is 0 Å². The number of nitrogens with zero attached hydrogens (tertiary/aromatic N) is 2. The van der Waals surface area contributed by atoms with Crippen molar-refractivity contribution >= 4 is 12.2 Å². The van der Waals surface area contributed by atoms with E-state index < -0.39 is 11.2 Å². The maximum atomic E-state index is 12.4. The van der Waals surface area contributed by atoms with Crippen molar-refractivity contribution in [3.63, 3.8) is 0 Å². The topological polar surface area (TPSA) is 107 Å². The third-order valence-electron chi connectivity index (χ3n) is 7.59. The molecule has 3 aromatic carbocycles. The van der Waals surface area contributed by atoms with Crippen LogP contribution in [0.2, 0.25) is 0 Å². The number of phenolic OH excluding ortho intramolecular Hbond substituents is 1. The van der Waals surface area contributed by atoms with Crippen LogP contribution in [-0.2, 0) is 42.0 Å². The molecule has 0 aromatic heterocycles. The van der Waals surface area contributed by atoms with Crippen molar-refractivity contribution in [3.05, 3.63) is 82.4 Å². The summed E-state index contributed by atoms with van der Waals surface area (Å²) >= 11 is 0. The Labute approximate surface area is 278 Å². The summed E-state index contributed by atoms with van der Waals surface area (Å²) in [6.07, 6.45) is 0.763. The van der Waals surface area contributed by atoms with Crippen molar-refractivity contribution in [2.24, 2.45) is 0 Å². The molecule has 2 aliphatic rings. The van der Waals surface area contributed by atoms with Crippen molar-refractivity contribution in [2.45, 2.75) is 85.3 Å². The zero-order chi connectivity index (χ0) is 34.4. The lowest BCUT2D eigenvalue weighted by Crippen LogP contribution is -2.40. The molecule has 0 saturated heterocycles. The van der Waals surface area contributed by atoms with Crippen LogP contribution in [0.3, 0.4) is 0 Å². The molecule has 254 valence electrons. The molecule has 0 saturated carbocycles. The van der Waals surface area contributed by atoms with Crippen molar-refractivity contribution in [1.29, 1.82) is 0 Å². The van der Waals surface area contributed by atoms with Crippen LogP contribution in [-0.4, -0.2) is 65.6 Å². The Kier molecular flexibility index (Phi) is 11.2. The van der Waals surface area contributed by atoms with Gasteiger partial charge in [0.2, 0.25) is 0 Å². The Balaban J connectivity index is 0.000000223. The number of aromatic hydroxyl groups is 1. The number of phenols is 1. The lowest BCUT2D eigenvalue weighted by atomic mass is 9.98. The molecule has 0 fully saturated rings. The van der Waals surface area contributed by atoms with Gasteiger partial charge in [-0.1, -0.05) is 42.5 Å². The number of rotatable bonds is 5. The fourth-order valence-corrected chi connectivity index (χ4v) is 5.48. The van der Waals surface area contributed by atoms with Crippen LogP contribution >= 0.6 is 0 Å². The van der Waals surface area contributed by atoms with Gasteiger partial charge < -0.3 is 38.6 Å². The van der Waals surface area contributed by atoms with E-state index in [1.807, 2.05) is 90.1 Å². The molecular formula is C37H48N2O8. The van der Waals surface area contributed by atoms with Crippen LogP contribution in [0.25, 0.3) is 0 Å². The average Bonchev–Trinajstić information content (AvgIpc) is 3.02. The fraction of sp³-hybridized carbons (Fsp3) is 0.459. The van der Waals surface area contributed by atoms with Crippen LogP contribution in [0.15, 0.2) is 54.6 Å². The predicted molar refractivity (Wildman–Crippen MR) is 179 cm³/mol. The summed E-state index contributed by atoms with van der Waals surface area (Å²) in [5.41, 5.74) is 4.23. The first-order valence-corrected chi connectivity index (χ1v) is 15.9. The van der Waals surface area contributed by atoms with E-state index in [2.05, 4.69) is 0 Å². The second-order valence-electron chi connectivity index (χ2n) is 13.6. The molecule has 0 bridgehead atoms. The van der Waals surface area contributed by atoms with E-state index in [-0.39, 0.29) is 17.9 Å². The summed E-state index contributed by atoms with van der Waals surface area (Å²) < 4.78 is 27.7. The maximum absolute atomic E-state index is 12.4. The van der Waals surface area contributed by atoms with Gasteiger partial charge in [0.15, 0.2) is 23.0 Å². The van der Waals surface area contributed by atoms with Gasteiger partial charge in [-0.05, 0) is 83.2 Å². The highest BCUT2D eigenvalue weighted by molar-refractivity contribution is 5.70. The first-order chi connectivity index (χ1) is 22.2. The number of fused-ring (bicyclic) bond motifs is 2. The summed E-state index contributed by atoms with van der Waals surface area (Å²) in [6.45, 7) is 13.8. The minimum absolute atomic E-state index is 0.136. The molecule has 5 rings (SSSR count). The van der Waals surface area contributed by atoms with Gasteiger partial charge in [-0.25, -0.2) is 9.59 Å². The molecule has 47 heavy (non-hydrogen) atoms. The molecule has 0 atom stereocenters. The van der Waals surface area contributed by atoms with Crippen molar-refractivity contribution < 1.29 is 38.4 Å². The molecule has 0 spiro atoms. The van der Waals surface area contributed by atoms with Gasteiger partial charge >= 0.3 is 12.2 Å². The quantitative estimate of drug-likeness (QED) is 0.308. The highest BCUT2D eigenvalue weighted by Crippen LogP contribution is 2.38. The monoisotopic (exact) mass is 648 g/mol. The molecule has 10 nitrogen and oxygen atoms in total. The smallest absolute Gasteiger partial charge is 0.410 e. The van der Waals surface area contributed by atoms with Crippen molar-refractivity contribution in [1.82, 2.24) is 9.80 Å². The lowest BCUT2D eigenvalue weighted by Gasteiger charge is -2.32.